The quantitative estimate of drug-likeness (QED) is 0.907. The summed E-state index contributed by atoms with van der Waals surface area (Å²) in [4.78, 5) is 0. The molecule has 17 heavy (non-hydrogen) atoms. The molecular weight excluding hydrogens is 238 g/mol. The Kier molecular flexibility index (Phi) is 3.66. The molecular formula is C12H14ClN3O. The van der Waals surface area contributed by atoms with E-state index >= 15 is 0 Å². The van der Waals surface area contributed by atoms with Crippen molar-refractivity contribution in [3.05, 3.63) is 46.6 Å². The summed E-state index contributed by atoms with van der Waals surface area (Å²) in [6.45, 7) is 1.21. The number of anilines is 1. The van der Waals surface area contributed by atoms with E-state index in [0.29, 0.717) is 24.0 Å². The third-order valence-corrected chi connectivity index (χ3v) is 2.76. The van der Waals surface area contributed by atoms with E-state index in [2.05, 4.69) is 11.2 Å². The lowest BCUT2D eigenvalue weighted by molar-refractivity contribution is 0.185. The highest BCUT2D eigenvalue weighted by molar-refractivity contribution is 6.32. The monoisotopic (exact) mass is 251 g/mol. The number of ether oxygens (including phenoxy) is 1. The third-order valence-electron chi connectivity index (χ3n) is 2.47. The van der Waals surface area contributed by atoms with Gasteiger partial charge < -0.3 is 10.5 Å². The molecule has 1 aromatic carbocycles. The maximum absolute atomic E-state index is 5.85. The molecule has 1 aromatic heterocycles. The van der Waals surface area contributed by atoms with Crippen LogP contribution in [0.4, 0.5) is 5.82 Å². The number of halogens is 1. The summed E-state index contributed by atoms with van der Waals surface area (Å²) < 4.78 is 6.77. The molecule has 4 nitrogen and oxygen atoms in total. The maximum atomic E-state index is 5.85. The minimum absolute atomic E-state index is 0.484. The zero-order chi connectivity index (χ0) is 12.3. The van der Waals surface area contributed by atoms with Gasteiger partial charge in [0.2, 0.25) is 0 Å². The van der Waals surface area contributed by atoms with Gasteiger partial charge in [0.15, 0.2) is 0 Å². The zero-order valence-electron chi connectivity index (χ0n) is 9.56. The van der Waals surface area contributed by atoms with Gasteiger partial charge in [0.1, 0.15) is 10.8 Å². The largest absolute Gasteiger partial charge is 0.383 e. The van der Waals surface area contributed by atoms with Gasteiger partial charge in [-0.1, -0.05) is 35.9 Å². The molecule has 2 N–H and O–H groups in total. The zero-order valence-corrected chi connectivity index (χ0v) is 10.3. The lowest BCUT2D eigenvalue weighted by atomic mass is 10.1. The molecule has 0 bridgehead atoms. The smallest absolute Gasteiger partial charge is 0.140 e. The van der Waals surface area contributed by atoms with Crippen LogP contribution in [-0.4, -0.2) is 16.9 Å². The summed E-state index contributed by atoms with van der Waals surface area (Å²) in [7, 11) is 1.68. The van der Waals surface area contributed by atoms with Gasteiger partial charge in [0.05, 0.1) is 19.3 Å². The molecule has 2 rings (SSSR count). The second kappa shape index (κ2) is 5.21. The van der Waals surface area contributed by atoms with Crippen molar-refractivity contribution in [1.29, 1.82) is 0 Å². The van der Waals surface area contributed by atoms with Crippen molar-refractivity contribution in [2.75, 3.05) is 12.8 Å². The van der Waals surface area contributed by atoms with Crippen LogP contribution in [0.1, 0.15) is 11.1 Å². The van der Waals surface area contributed by atoms with Crippen molar-refractivity contribution in [3.63, 3.8) is 0 Å². The summed E-state index contributed by atoms with van der Waals surface area (Å²) in [5, 5.41) is 4.60. The molecule has 0 saturated carbocycles. The van der Waals surface area contributed by atoms with Gasteiger partial charge in [-0.15, -0.1) is 0 Å². The first-order valence-corrected chi connectivity index (χ1v) is 5.62. The van der Waals surface area contributed by atoms with Crippen LogP contribution in [0.5, 0.6) is 0 Å². The predicted octanol–water partition coefficient (Wildman–Crippen LogP) is 2.31. The molecule has 0 aliphatic carbocycles. The van der Waals surface area contributed by atoms with E-state index in [9.17, 15) is 0 Å². The van der Waals surface area contributed by atoms with E-state index in [1.54, 1.807) is 18.0 Å². The van der Waals surface area contributed by atoms with Gasteiger partial charge in [-0.25, -0.2) is 4.68 Å². The second-order valence-corrected chi connectivity index (χ2v) is 4.20. The van der Waals surface area contributed by atoms with E-state index in [-0.39, 0.29) is 0 Å². The molecule has 0 unspecified atom stereocenters. The summed E-state index contributed by atoms with van der Waals surface area (Å²) in [6, 6.07) is 8.10. The van der Waals surface area contributed by atoms with Gasteiger partial charge in [0.25, 0.3) is 0 Å². The van der Waals surface area contributed by atoms with Gasteiger partial charge in [-0.2, -0.15) is 5.10 Å². The average Bonchev–Trinajstić information content (AvgIpc) is 2.62. The van der Waals surface area contributed by atoms with Crippen LogP contribution in [0.2, 0.25) is 5.02 Å². The van der Waals surface area contributed by atoms with E-state index in [1.165, 1.54) is 0 Å². The number of nitrogens with two attached hydrogens (primary N) is 1. The minimum Gasteiger partial charge on any atom is -0.383 e. The minimum atomic E-state index is 0.484. The molecule has 0 saturated heterocycles. The van der Waals surface area contributed by atoms with Crippen molar-refractivity contribution in [2.24, 2.45) is 0 Å². The molecule has 1 heterocycles. The maximum Gasteiger partial charge on any atom is 0.140 e. The van der Waals surface area contributed by atoms with Crippen LogP contribution in [0.15, 0.2) is 30.5 Å². The molecule has 0 aliphatic heterocycles. The standard InChI is InChI=1S/C12H14ClN3O/c1-17-8-10-4-2-3-9(5-10)7-16-12(14)11(13)6-15-16/h2-6H,7-8,14H2,1H3. The highest BCUT2D eigenvalue weighted by Crippen LogP contribution is 2.18. The normalized spacial score (nSPS) is 10.7. The van der Waals surface area contributed by atoms with Crippen LogP contribution in [-0.2, 0) is 17.9 Å². The second-order valence-electron chi connectivity index (χ2n) is 3.79. The fourth-order valence-electron chi connectivity index (χ4n) is 1.66. The van der Waals surface area contributed by atoms with Gasteiger partial charge in [-0.05, 0) is 11.1 Å². The first-order chi connectivity index (χ1) is 8.20. The Balaban J connectivity index is 2.18. The topological polar surface area (TPSA) is 53.1 Å². The van der Waals surface area contributed by atoms with Crippen LogP contribution in [0.25, 0.3) is 0 Å². The predicted molar refractivity (Wildman–Crippen MR) is 67.9 cm³/mol. The molecule has 0 aliphatic rings. The average molecular weight is 252 g/mol. The fraction of sp³-hybridized carbons (Fsp3) is 0.250. The van der Waals surface area contributed by atoms with E-state index in [4.69, 9.17) is 22.1 Å². The molecule has 0 radical (unpaired) electrons. The molecule has 0 atom stereocenters. The fourth-order valence-corrected chi connectivity index (χ4v) is 1.80. The highest BCUT2D eigenvalue weighted by atomic mass is 35.5. The third kappa shape index (κ3) is 2.78. The van der Waals surface area contributed by atoms with E-state index in [0.717, 1.165) is 11.1 Å². The Morgan fingerprint density at radius 2 is 2.18 bits per heavy atom. The first-order valence-electron chi connectivity index (χ1n) is 5.24. The summed E-state index contributed by atoms with van der Waals surface area (Å²) >= 11 is 5.85. The summed E-state index contributed by atoms with van der Waals surface area (Å²) in [6.07, 6.45) is 1.55. The Morgan fingerprint density at radius 1 is 1.41 bits per heavy atom. The van der Waals surface area contributed by atoms with Gasteiger partial charge in [-0.3, -0.25) is 0 Å². The van der Waals surface area contributed by atoms with E-state index < -0.39 is 0 Å². The number of aromatic nitrogens is 2. The lowest BCUT2D eigenvalue weighted by Crippen LogP contribution is -2.06. The SMILES string of the molecule is COCc1cccc(Cn2ncc(Cl)c2N)c1. The van der Waals surface area contributed by atoms with Crippen molar-refractivity contribution in [1.82, 2.24) is 9.78 Å². The summed E-state index contributed by atoms with van der Waals surface area (Å²) in [5.41, 5.74) is 8.03. The number of hydrogen-bond acceptors (Lipinski definition) is 3. The molecule has 5 heteroatoms. The lowest BCUT2D eigenvalue weighted by Gasteiger charge is -2.06. The van der Waals surface area contributed by atoms with Crippen LogP contribution < -0.4 is 5.73 Å². The van der Waals surface area contributed by atoms with Crippen molar-refractivity contribution >= 4 is 17.4 Å². The summed E-state index contributed by atoms with van der Waals surface area (Å²) in [5.74, 6) is 0.490. The molecule has 0 amide bonds. The van der Waals surface area contributed by atoms with Crippen LogP contribution in [0, 0.1) is 0 Å². The van der Waals surface area contributed by atoms with Crippen molar-refractivity contribution in [2.45, 2.75) is 13.2 Å². The number of nitrogen functional groups attached to an aromatic ring is 1. The van der Waals surface area contributed by atoms with Crippen molar-refractivity contribution in [3.8, 4) is 0 Å². The number of methoxy groups -OCH3 is 1. The number of rotatable bonds is 4. The van der Waals surface area contributed by atoms with Gasteiger partial charge >= 0.3 is 0 Å². The Labute approximate surface area is 105 Å². The Morgan fingerprint density at radius 3 is 2.82 bits per heavy atom. The number of nitrogens with zero attached hydrogens (tertiary/aromatic N) is 2. The Bertz CT molecular complexity index is 510. The molecule has 0 fully saturated rings. The highest BCUT2D eigenvalue weighted by Gasteiger charge is 2.05. The van der Waals surface area contributed by atoms with E-state index in [1.807, 2.05) is 18.2 Å². The van der Waals surface area contributed by atoms with Crippen molar-refractivity contribution < 1.29 is 4.74 Å². The van der Waals surface area contributed by atoms with Crippen LogP contribution >= 0.6 is 11.6 Å². The first kappa shape index (κ1) is 12.0. The Hall–Kier alpha value is -1.52. The number of hydrogen-bond donors (Lipinski definition) is 1. The van der Waals surface area contributed by atoms with Crippen LogP contribution in [0.3, 0.4) is 0 Å². The molecule has 2 aromatic rings. The molecule has 0 spiro atoms. The van der Waals surface area contributed by atoms with Gasteiger partial charge in [0, 0.05) is 7.11 Å². The molecule has 90 valence electrons. The number of benzene rings is 1.